The third-order valence-corrected chi connectivity index (χ3v) is 3.63. The second kappa shape index (κ2) is 9.14. The van der Waals surface area contributed by atoms with E-state index in [1.807, 2.05) is 12.1 Å². The first-order valence-corrected chi connectivity index (χ1v) is 7.50. The number of rotatable bonds is 8. The van der Waals surface area contributed by atoms with Crippen molar-refractivity contribution in [1.82, 2.24) is 0 Å². The summed E-state index contributed by atoms with van der Waals surface area (Å²) >= 11 is 12.1. The summed E-state index contributed by atoms with van der Waals surface area (Å²) in [5.74, 6) is 0. The van der Waals surface area contributed by atoms with Crippen molar-refractivity contribution in [3.05, 3.63) is 27.7 Å². The predicted molar refractivity (Wildman–Crippen MR) is 81.3 cm³/mol. The second-order valence-electron chi connectivity index (χ2n) is 4.63. The summed E-state index contributed by atoms with van der Waals surface area (Å²) in [7, 11) is 0. The Morgan fingerprint density at radius 3 is 2.21 bits per heavy atom. The average Bonchev–Trinajstić information content (AvgIpc) is 2.38. The van der Waals surface area contributed by atoms with Crippen molar-refractivity contribution in [2.75, 3.05) is 0 Å². The Kier molecular flexibility index (Phi) is 7.81. The maximum atomic E-state index is 10.3. The minimum absolute atomic E-state index is 0.310. The topological polar surface area (TPSA) is 29.4 Å². The molecule has 4 heteroatoms. The van der Waals surface area contributed by atoms with Gasteiger partial charge in [-0.2, -0.15) is 4.99 Å². The quantitative estimate of drug-likeness (QED) is 0.335. The van der Waals surface area contributed by atoms with E-state index in [1.54, 1.807) is 0 Å². The average molecular weight is 300 g/mol. The Balaban J connectivity index is 2.49. The van der Waals surface area contributed by atoms with Crippen LogP contribution in [0.15, 0.2) is 17.1 Å². The van der Waals surface area contributed by atoms with Gasteiger partial charge in [0.05, 0.1) is 10.0 Å². The standard InChI is InChI=1S/C15H19Cl2NO/c1-2-3-4-5-6-7-8-12-9-13(16)15(18-11-19)14(17)10-12/h9-10H,2-8H2,1H3. The van der Waals surface area contributed by atoms with Gasteiger partial charge in [0.2, 0.25) is 6.08 Å². The zero-order chi connectivity index (χ0) is 14.1. The molecule has 2 nitrogen and oxygen atoms in total. The summed E-state index contributed by atoms with van der Waals surface area (Å²) in [5.41, 5.74) is 1.40. The molecule has 1 rings (SSSR count). The maximum Gasteiger partial charge on any atom is 0.240 e. The van der Waals surface area contributed by atoms with Crippen molar-refractivity contribution >= 4 is 35.0 Å². The number of hydrogen-bond acceptors (Lipinski definition) is 2. The van der Waals surface area contributed by atoms with Gasteiger partial charge < -0.3 is 0 Å². The molecule has 0 unspecified atom stereocenters. The summed E-state index contributed by atoms with van der Waals surface area (Å²) in [6, 6.07) is 3.66. The van der Waals surface area contributed by atoms with Crippen molar-refractivity contribution in [2.24, 2.45) is 4.99 Å². The van der Waals surface area contributed by atoms with Crippen LogP contribution in [0.4, 0.5) is 5.69 Å². The summed E-state index contributed by atoms with van der Waals surface area (Å²) in [4.78, 5) is 13.8. The molecule has 0 atom stereocenters. The first kappa shape index (κ1) is 16.2. The number of unbranched alkanes of at least 4 members (excludes halogenated alkanes) is 5. The fourth-order valence-electron chi connectivity index (χ4n) is 2.02. The van der Waals surface area contributed by atoms with Gasteiger partial charge in [0.15, 0.2) is 0 Å². The predicted octanol–water partition coefficient (Wildman–Crippen LogP) is 5.86. The number of hydrogen-bond donors (Lipinski definition) is 0. The van der Waals surface area contributed by atoms with Crippen LogP contribution in [0.5, 0.6) is 0 Å². The Bertz CT molecular complexity index is 430. The van der Waals surface area contributed by atoms with E-state index in [2.05, 4.69) is 11.9 Å². The summed E-state index contributed by atoms with van der Waals surface area (Å²) in [6.45, 7) is 2.22. The SMILES string of the molecule is CCCCCCCCc1cc(Cl)c(N=C=O)c(Cl)c1. The molecule has 104 valence electrons. The largest absolute Gasteiger partial charge is 0.240 e. The van der Waals surface area contributed by atoms with Gasteiger partial charge in [-0.15, -0.1) is 0 Å². The number of aryl methyl sites for hydroxylation is 1. The molecule has 0 saturated carbocycles. The smallest absolute Gasteiger partial charge is 0.211 e. The van der Waals surface area contributed by atoms with E-state index in [0.717, 1.165) is 18.4 Å². The molecule has 0 N–H and O–H groups in total. The van der Waals surface area contributed by atoms with Crippen molar-refractivity contribution in [3.63, 3.8) is 0 Å². The highest BCUT2D eigenvalue weighted by molar-refractivity contribution is 6.38. The highest BCUT2D eigenvalue weighted by Crippen LogP contribution is 2.34. The molecule has 0 bridgehead atoms. The Morgan fingerprint density at radius 2 is 1.63 bits per heavy atom. The van der Waals surface area contributed by atoms with Gasteiger partial charge >= 0.3 is 0 Å². The molecule has 0 aliphatic heterocycles. The normalized spacial score (nSPS) is 10.3. The van der Waals surface area contributed by atoms with E-state index in [-0.39, 0.29) is 0 Å². The highest BCUT2D eigenvalue weighted by atomic mass is 35.5. The van der Waals surface area contributed by atoms with Crippen LogP contribution < -0.4 is 0 Å². The van der Waals surface area contributed by atoms with Crippen molar-refractivity contribution in [2.45, 2.75) is 51.9 Å². The molecule has 0 spiro atoms. The molecule has 0 aliphatic carbocycles. The number of benzene rings is 1. The molecule has 0 saturated heterocycles. The molecule has 0 radical (unpaired) electrons. The van der Waals surface area contributed by atoms with Gasteiger partial charge in [-0.3, -0.25) is 0 Å². The van der Waals surface area contributed by atoms with E-state index < -0.39 is 0 Å². The molecule has 0 heterocycles. The third-order valence-electron chi connectivity index (χ3n) is 3.05. The minimum Gasteiger partial charge on any atom is -0.211 e. The van der Waals surface area contributed by atoms with E-state index in [9.17, 15) is 4.79 Å². The molecule has 1 aromatic carbocycles. The monoisotopic (exact) mass is 299 g/mol. The van der Waals surface area contributed by atoms with Crippen LogP contribution in [0.25, 0.3) is 0 Å². The van der Waals surface area contributed by atoms with Crippen molar-refractivity contribution in [1.29, 1.82) is 0 Å². The zero-order valence-corrected chi connectivity index (χ0v) is 12.7. The summed E-state index contributed by atoms with van der Waals surface area (Å²) in [6.07, 6.45) is 9.95. The van der Waals surface area contributed by atoms with Gasteiger partial charge in [-0.25, -0.2) is 4.79 Å². The molecule has 0 fully saturated rings. The first-order chi connectivity index (χ1) is 9.19. The highest BCUT2D eigenvalue weighted by Gasteiger charge is 2.07. The lowest BCUT2D eigenvalue weighted by atomic mass is 10.0. The van der Waals surface area contributed by atoms with Gasteiger partial charge in [0, 0.05) is 0 Å². The van der Waals surface area contributed by atoms with Gasteiger partial charge in [-0.1, -0.05) is 62.2 Å². The molecular weight excluding hydrogens is 281 g/mol. The number of isocyanates is 1. The fraction of sp³-hybridized carbons (Fsp3) is 0.533. The lowest BCUT2D eigenvalue weighted by Gasteiger charge is -2.06. The van der Waals surface area contributed by atoms with E-state index >= 15 is 0 Å². The Labute approximate surface area is 124 Å². The molecule has 19 heavy (non-hydrogen) atoms. The zero-order valence-electron chi connectivity index (χ0n) is 11.2. The lowest BCUT2D eigenvalue weighted by Crippen LogP contribution is -1.87. The second-order valence-corrected chi connectivity index (χ2v) is 5.44. The molecule has 0 aromatic heterocycles. The number of nitrogens with zero attached hydrogens (tertiary/aromatic N) is 1. The van der Waals surface area contributed by atoms with E-state index in [1.165, 1.54) is 38.2 Å². The van der Waals surface area contributed by atoms with Crippen LogP contribution in [0.1, 0.15) is 51.0 Å². The fourth-order valence-corrected chi connectivity index (χ4v) is 2.64. The minimum atomic E-state index is 0.310. The van der Waals surface area contributed by atoms with Crippen LogP contribution in [-0.4, -0.2) is 6.08 Å². The number of halogens is 2. The first-order valence-electron chi connectivity index (χ1n) is 6.74. The van der Waals surface area contributed by atoms with Gasteiger partial charge in [0.1, 0.15) is 5.69 Å². The summed E-state index contributed by atoms with van der Waals surface area (Å²) < 4.78 is 0. The van der Waals surface area contributed by atoms with Crippen LogP contribution in [-0.2, 0) is 11.2 Å². The van der Waals surface area contributed by atoms with Crippen molar-refractivity contribution < 1.29 is 4.79 Å². The molecular formula is C15H19Cl2NO. The van der Waals surface area contributed by atoms with E-state index in [4.69, 9.17) is 23.2 Å². The van der Waals surface area contributed by atoms with Crippen LogP contribution in [0.3, 0.4) is 0 Å². The van der Waals surface area contributed by atoms with Crippen LogP contribution in [0, 0.1) is 0 Å². The summed E-state index contributed by atoms with van der Waals surface area (Å²) in [5, 5.41) is 0.827. The third kappa shape index (κ3) is 5.78. The van der Waals surface area contributed by atoms with Gasteiger partial charge in [-0.05, 0) is 30.5 Å². The Morgan fingerprint density at radius 1 is 1.05 bits per heavy atom. The van der Waals surface area contributed by atoms with Crippen LogP contribution >= 0.6 is 23.2 Å². The number of aliphatic imine (C=N–C) groups is 1. The number of carbonyl (C=O) groups excluding carboxylic acids is 1. The molecule has 0 amide bonds. The van der Waals surface area contributed by atoms with Crippen LogP contribution in [0.2, 0.25) is 10.0 Å². The van der Waals surface area contributed by atoms with Crippen molar-refractivity contribution in [3.8, 4) is 0 Å². The van der Waals surface area contributed by atoms with Gasteiger partial charge in [0.25, 0.3) is 0 Å². The lowest BCUT2D eigenvalue weighted by molar-refractivity contribution is 0.565. The molecule has 1 aromatic rings. The molecule has 0 aliphatic rings. The van der Waals surface area contributed by atoms with E-state index in [0.29, 0.717) is 15.7 Å². The Hall–Kier alpha value is -0.820. The maximum absolute atomic E-state index is 10.3.